The molecule has 2 N–H and O–H groups in total. The largest absolute Gasteiger partial charge is 0.416 e. The molecule has 0 atom stereocenters. The maximum atomic E-state index is 13.2. The van der Waals surface area contributed by atoms with Crippen molar-refractivity contribution in [1.29, 1.82) is 0 Å². The third kappa shape index (κ3) is 6.65. The number of carbonyl (C=O) groups excluding carboxylic acids is 1. The Labute approximate surface area is 202 Å². The first-order valence-electron chi connectivity index (χ1n) is 9.82. The number of morpholine rings is 1. The third-order valence-corrected chi connectivity index (χ3v) is 5.28. The summed E-state index contributed by atoms with van der Waals surface area (Å²) in [6.07, 6.45) is -2.17. The van der Waals surface area contributed by atoms with Crippen LogP contribution >= 0.6 is 23.8 Å². The lowest BCUT2D eigenvalue weighted by Crippen LogP contribution is -2.38. The standard InChI is InChI=1S/C21H18ClF3N4O4S/c22-15-4-1-13(11-18(15)29(31)32)2-6-19(30)27-20(34)26-16-12-14(21(23,24)25)3-5-17(16)28-7-9-33-10-8-28/h1-6,11-12H,7-10H2,(H2,26,27,30,34). The van der Waals surface area contributed by atoms with Crippen molar-refractivity contribution < 1.29 is 27.6 Å². The number of hydrogen-bond donors (Lipinski definition) is 2. The molecule has 3 rings (SSSR count). The molecule has 2 aromatic carbocycles. The van der Waals surface area contributed by atoms with Gasteiger partial charge in [-0.25, -0.2) is 0 Å². The number of halogens is 4. The van der Waals surface area contributed by atoms with Crippen LogP contribution < -0.4 is 15.5 Å². The highest BCUT2D eigenvalue weighted by Crippen LogP contribution is 2.35. The zero-order valence-electron chi connectivity index (χ0n) is 17.4. The number of nitrogens with one attached hydrogen (secondary N) is 2. The van der Waals surface area contributed by atoms with Crippen LogP contribution in [0.1, 0.15) is 11.1 Å². The molecule has 1 aliphatic rings. The minimum atomic E-state index is -4.56. The van der Waals surface area contributed by atoms with Gasteiger partial charge in [0.15, 0.2) is 5.11 Å². The van der Waals surface area contributed by atoms with E-state index in [1.165, 1.54) is 30.3 Å². The molecule has 0 spiro atoms. The molecule has 1 heterocycles. The van der Waals surface area contributed by atoms with Crippen molar-refractivity contribution in [3.63, 3.8) is 0 Å². The van der Waals surface area contributed by atoms with Gasteiger partial charge in [0, 0.05) is 25.2 Å². The Kier molecular flexibility index (Phi) is 8.07. The predicted octanol–water partition coefficient (Wildman–Crippen LogP) is 4.63. The number of anilines is 2. The van der Waals surface area contributed by atoms with Crippen LogP contribution in [0.15, 0.2) is 42.5 Å². The van der Waals surface area contributed by atoms with E-state index in [0.717, 1.165) is 18.2 Å². The fourth-order valence-electron chi connectivity index (χ4n) is 3.14. The van der Waals surface area contributed by atoms with E-state index in [4.69, 9.17) is 28.6 Å². The van der Waals surface area contributed by atoms with Gasteiger partial charge in [0.05, 0.1) is 35.1 Å². The summed E-state index contributed by atoms with van der Waals surface area (Å²) in [5.41, 5.74) is -0.277. The number of benzene rings is 2. The maximum Gasteiger partial charge on any atom is 0.416 e. The van der Waals surface area contributed by atoms with Crippen LogP contribution in [0.2, 0.25) is 5.02 Å². The molecule has 0 saturated carbocycles. The molecule has 180 valence electrons. The Balaban J connectivity index is 1.73. The van der Waals surface area contributed by atoms with Crippen molar-refractivity contribution in [3.05, 3.63) is 68.7 Å². The van der Waals surface area contributed by atoms with E-state index < -0.39 is 22.6 Å². The summed E-state index contributed by atoms with van der Waals surface area (Å²) in [5, 5.41) is 15.7. The first-order valence-corrected chi connectivity index (χ1v) is 10.6. The summed E-state index contributed by atoms with van der Waals surface area (Å²) >= 11 is 10.9. The lowest BCUT2D eigenvalue weighted by molar-refractivity contribution is -0.384. The van der Waals surface area contributed by atoms with E-state index >= 15 is 0 Å². The van der Waals surface area contributed by atoms with Gasteiger partial charge in [-0.15, -0.1) is 0 Å². The average Bonchev–Trinajstić information content (AvgIpc) is 2.78. The lowest BCUT2D eigenvalue weighted by atomic mass is 10.1. The molecule has 0 aliphatic carbocycles. The van der Waals surface area contributed by atoms with Gasteiger partial charge in [0.25, 0.3) is 5.69 Å². The summed E-state index contributed by atoms with van der Waals surface area (Å²) < 4.78 is 45.0. The molecule has 8 nitrogen and oxygen atoms in total. The fourth-order valence-corrected chi connectivity index (χ4v) is 3.54. The van der Waals surface area contributed by atoms with Gasteiger partial charge >= 0.3 is 6.18 Å². The third-order valence-electron chi connectivity index (χ3n) is 4.75. The Morgan fingerprint density at radius 2 is 1.91 bits per heavy atom. The van der Waals surface area contributed by atoms with Crippen LogP contribution in [-0.2, 0) is 15.7 Å². The number of alkyl halides is 3. The van der Waals surface area contributed by atoms with Gasteiger partial charge < -0.3 is 15.0 Å². The highest BCUT2D eigenvalue weighted by Gasteiger charge is 2.31. The summed E-state index contributed by atoms with van der Waals surface area (Å²) in [4.78, 5) is 24.4. The number of ether oxygens (including phenoxy) is 1. The number of rotatable bonds is 5. The minimum absolute atomic E-state index is 0.0471. The molecule has 0 unspecified atom stereocenters. The molecule has 0 aromatic heterocycles. The van der Waals surface area contributed by atoms with Crippen LogP contribution in [0.25, 0.3) is 6.08 Å². The first kappa shape index (κ1) is 25.4. The second-order valence-corrected chi connectivity index (χ2v) is 7.89. The number of nitro groups is 1. The van der Waals surface area contributed by atoms with E-state index in [-0.39, 0.29) is 21.5 Å². The topological polar surface area (TPSA) is 96.7 Å². The molecular formula is C21H18ClF3N4O4S. The summed E-state index contributed by atoms with van der Waals surface area (Å²) in [6, 6.07) is 7.24. The zero-order valence-corrected chi connectivity index (χ0v) is 19.0. The van der Waals surface area contributed by atoms with E-state index in [1.807, 2.05) is 4.90 Å². The quantitative estimate of drug-likeness (QED) is 0.260. The monoisotopic (exact) mass is 514 g/mol. The van der Waals surface area contributed by atoms with Crippen LogP contribution in [-0.4, -0.2) is 42.2 Å². The van der Waals surface area contributed by atoms with Crippen molar-refractivity contribution in [3.8, 4) is 0 Å². The number of nitro benzene ring substituents is 1. The number of thiocarbonyl (C=S) groups is 1. The molecule has 1 amide bonds. The van der Waals surface area contributed by atoms with Crippen LogP contribution in [0.4, 0.5) is 30.2 Å². The van der Waals surface area contributed by atoms with Gasteiger partial charge in [-0.05, 0) is 48.1 Å². The highest BCUT2D eigenvalue weighted by molar-refractivity contribution is 7.80. The fraction of sp³-hybridized carbons (Fsp3) is 0.238. The van der Waals surface area contributed by atoms with Crippen LogP contribution in [0, 0.1) is 10.1 Å². The van der Waals surface area contributed by atoms with Crippen molar-refractivity contribution >= 4 is 58.0 Å². The molecule has 34 heavy (non-hydrogen) atoms. The number of nitrogens with zero attached hydrogens (tertiary/aromatic N) is 2. The lowest BCUT2D eigenvalue weighted by Gasteiger charge is -2.31. The van der Waals surface area contributed by atoms with Gasteiger partial charge in [0.2, 0.25) is 5.91 Å². The Bertz CT molecular complexity index is 1140. The number of carbonyl (C=O) groups is 1. The SMILES string of the molecule is O=C(C=Cc1ccc(Cl)c([N+](=O)[O-])c1)NC(=S)Nc1cc(C(F)(F)F)ccc1N1CCOCC1. The molecule has 13 heteroatoms. The normalized spacial score (nSPS) is 14.2. The molecule has 0 bridgehead atoms. The Morgan fingerprint density at radius 1 is 1.21 bits per heavy atom. The molecular weight excluding hydrogens is 497 g/mol. The smallest absolute Gasteiger partial charge is 0.378 e. The second kappa shape index (κ2) is 10.8. The number of hydrogen-bond acceptors (Lipinski definition) is 6. The predicted molar refractivity (Wildman–Crippen MR) is 126 cm³/mol. The highest BCUT2D eigenvalue weighted by atomic mass is 35.5. The molecule has 0 radical (unpaired) electrons. The summed E-state index contributed by atoms with van der Waals surface area (Å²) in [6.45, 7) is 1.81. The van der Waals surface area contributed by atoms with Crippen molar-refractivity contribution in [1.82, 2.24) is 5.32 Å². The summed E-state index contributed by atoms with van der Waals surface area (Å²) in [5.74, 6) is -0.685. The van der Waals surface area contributed by atoms with Gasteiger partial charge in [-0.1, -0.05) is 17.7 Å². The molecule has 1 saturated heterocycles. The first-order chi connectivity index (χ1) is 16.0. The molecule has 2 aromatic rings. The maximum absolute atomic E-state index is 13.2. The van der Waals surface area contributed by atoms with Gasteiger partial charge in [-0.3, -0.25) is 20.2 Å². The van der Waals surface area contributed by atoms with Crippen molar-refractivity contribution in [2.24, 2.45) is 0 Å². The van der Waals surface area contributed by atoms with Crippen molar-refractivity contribution in [2.75, 3.05) is 36.5 Å². The Hall–Kier alpha value is -3.22. The van der Waals surface area contributed by atoms with Gasteiger partial charge in [-0.2, -0.15) is 13.2 Å². The second-order valence-electron chi connectivity index (χ2n) is 7.07. The molecule has 1 aliphatic heterocycles. The summed E-state index contributed by atoms with van der Waals surface area (Å²) in [7, 11) is 0. The van der Waals surface area contributed by atoms with E-state index in [2.05, 4.69) is 10.6 Å². The van der Waals surface area contributed by atoms with E-state index in [1.54, 1.807) is 0 Å². The van der Waals surface area contributed by atoms with Crippen molar-refractivity contribution in [2.45, 2.75) is 6.18 Å². The van der Waals surface area contributed by atoms with Crippen LogP contribution in [0.5, 0.6) is 0 Å². The number of amides is 1. The van der Waals surface area contributed by atoms with Gasteiger partial charge in [0.1, 0.15) is 5.02 Å². The average molecular weight is 515 g/mol. The van der Waals surface area contributed by atoms with E-state index in [0.29, 0.717) is 37.6 Å². The van der Waals surface area contributed by atoms with E-state index in [9.17, 15) is 28.1 Å². The minimum Gasteiger partial charge on any atom is -0.378 e. The molecule has 1 fully saturated rings. The zero-order chi connectivity index (χ0) is 24.9. The Morgan fingerprint density at radius 3 is 2.56 bits per heavy atom. The van der Waals surface area contributed by atoms with Crippen LogP contribution in [0.3, 0.4) is 0 Å².